The molecule has 1 heterocycles. The van der Waals surface area contributed by atoms with Gasteiger partial charge in [-0.2, -0.15) is 4.99 Å². The van der Waals surface area contributed by atoms with E-state index in [4.69, 9.17) is 11.5 Å². The molecule has 0 saturated heterocycles. The number of hydrogen-bond donors (Lipinski definition) is 2. The highest BCUT2D eigenvalue weighted by molar-refractivity contribution is 5.94. The number of hydrogen-bond acceptors (Lipinski definition) is 1. The van der Waals surface area contributed by atoms with Gasteiger partial charge in [-0.1, -0.05) is 30.4 Å². The van der Waals surface area contributed by atoms with Crippen molar-refractivity contribution in [3.05, 3.63) is 42.5 Å². The fourth-order valence-corrected chi connectivity index (χ4v) is 1.70. The standard InChI is InChI=1S/C13H17N5.2ClH/c14-12(16-11-7-3-1-4-8-11)17-13(15)18-9-5-2-6-10-18;;/h1-5,7-8H,6,9-10H2,(H4,14,15,16,17);2*1H. The first kappa shape index (κ1) is 18.3. The summed E-state index contributed by atoms with van der Waals surface area (Å²) in [6.07, 6.45) is 5.17. The molecule has 110 valence electrons. The summed E-state index contributed by atoms with van der Waals surface area (Å²) in [5.41, 5.74) is 12.4. The highest BCUT2D eigenvalue weighted by atomic mass is 35.5. The van der Waals surface area contributed by atoms with Crippen LogP contribution in [0.25, 0.3) is 0 Å². The van der Waals surface area contributed by atoms with Gasteiger partial charge in [-0.15, -0.1) is 24.8 Å². The SMILES string of the molecule is Cl.Cl.NC(=Nc1ccccc1)/N=C(/N)N1CC=CCC1. The molecule has 0 saturated carbocycles. The Kier molecular flexibility index (Phi) is 8.43. The Bertz CT molecular complexity index is 485. The van der Waals surface area contributed by atoms with Gasteiger partial charge in [0, 0.05) is 13.1 Å². The van der Waals surface area contributed by atoms with Gasteiger partial charge in [0.1, 0.15) is 0 Å². The van der Waals surface area contributed by atoms with Gasteiger partial charge in [-0.25, -0.2) is 4.99 Å². The molecule has 0 aliphatic carbocycles. The summed E-state index contributed by atoms with van der Waals surface area (Å²) in [6.45, 7) is 1.64. The van der Waals surface area contributed by atoms with Gasteiger partial charge in [-0.3, -0.25) is 0 Å². The average molecular weight is 316 g/mol. The van der Waals surface area contributed by atoms with Crippen LogP contribution in [0, 0.1) is 0 Å². The molecule has 0 aromatic heterocycles. The monoisotopic (exact) mass is 315 g/mol. The number of guanidine groups is 2. The van der Waals surface area contributed by atoms with Crippen molar-refractivity contribution in [1.29, 1.82) is 0 Å². The van der Waals surface area contributed by atoms with E-state index in [0.717, 1.165) is 25.2 Å². The fourth-order valence-electron chi connectivity index (χ4n) is 1.70. The van der Waals surface area contributed by atoms with Crippen molar-refractivity contribution in [2.45, 2.75) is 6.42 Å². The van der Waals surface area contributed by atoms with E-state index in [-0.39, 0.29) is 30.8 Å². The molecule has 1 aromatic carbocycles. The van der Waals surface area contributed by atoms with E-state index in [1.807, 2.05) is 35.2 Å². The van der Waals surface area contributed by atoms with E-state index in [0.29, 0.717) is 5.96 Å². The van der Waals surface area contributed by atoms with E-state index in [9.17, 15) is 0 Å². The number of nitrogens with two attached hydrogens (primary N) is 2. The predicted molar refractivity (Wildman–Crippen MR) is 89.2 cm³/mol. The Labute approximate surface area is 131 Å². The number of halogens is 2. The van der Waals surface area contributed by atoms with Gasteiger partial charge in [0.25, 0.3) is 0 Å². The molecule has 4 N–H and O–H groups in total. The Morgan fingerprint density at radius 1 is 1.05 bits per heavy atom. The van der Waals surface area contributed by atoms with E-state index in [2.05, 4.69) is 22.1 Å². The molecular weight excluding hydrogens is 297 g/mol. The van der Waals surface area contributed by atoms with E-state index in [1.165, 1.54) is 0 Å². The summed E-state index contributed by atoms with van der Waals surface area (Å²) in [7, 11) is 0. The molecule has 1 aromatic rings. The Morgan fingerprint density at radius 3 is 2.35 bits per heavy atom. The lowest BCUT2D eigenvalue weighted by molar-refractivity contribution is 0.450. The molecule has 5 nitrogen and oxygen atoms in total. The van der Waals surface area contributed by atoms with Crippen LogP contribution in [-0.4, -0.2) is 29.9 Å². The largest absolute Gasteiger partial charge is 0.369 e. The quantitative estimate of drug-likeness (QED) is 0.473. The molecule has 20 heavy (non-hydrogen) atoms. The third-order valence-electron chi connectivity index (χ3n) is 2.61. The molecular formula is C13H19Cl2N5. The lowest BCUT2D eigenvalue weighted by Crippen LogP contribution is -2.40. The van der Waals surface area contributed by atoms with Gasteiger partial charge >= 0.3 is 0 Å². The Balaban J connectivity index is 0.00000180. The Hall–Kier alpha value is -1.72. The minimum atomic E-state index is 0. The molecule has 0 unspecified atom stereocenters. The average Bonchev–Trinajstić information content (AvgIpc) is 2.40. The van der Waals surface area contributed by atoms with Crippen LogP contribution in [0.5, 0.6) is 0 Å². The molecule has 1 aliphatic heterocycles. The minimum absolute atomic E-state index is 0. The summed E-state index contributed by atoms with van der Waals surface area (Å²) in [6, 6.07) is 9.44. The molecule has 0 bridgehead atoms. The lowest BCUT2D eigenvalue weighted by atomic mass is 10.3. The van der Waals surface area contributed by atoms with Crippen LogP contribution >= 0.6 is 24.8 Å². The number of benzene rings is 1. The van der Waals surface area contributed by atoms with Crippen molar-refractivity contribution >= 4 is 42.4 Å². The molecule has 0 radical (unpaired) electrons. The van der Waals surface area contributed by atoms with Gasteiger partial charge in [0.2, 0.25) is 5.96 Å². The smallest absolute Gasteiger partial charge is 0.223 e. The van der Waals surface area contributed by atoms with Gasteiger partial charge < -0.3 is 16.4 Å². The van der Waals surface area contributed by atoms with Crippen LogP contribution in [0.15, 0.2) is 52.5 Å². The predicted octanol–water partition coefficient (Wildman–Crippen LogP) is 2.05. The first-order chi connectivity index (χ1) is 8.75. The van der Waals surface area contributed by atoms with Crippen molar-refractivity contribution in [3.8, 4) is 0 Å². The van der Waals surface area contributed by atoms with Crippen molar-refractivity contribution in [2.24, 2.45) is 21.5 Å². The molecule has 1 aliphatic rings. The zero-order valence-corrected chi connectivity index (χ0v) is 12.6. The number of aliphatic imine (C=N–C) groups is 2. The topological polar surface area (TPSA) is 80.0 Å². The van der Waals surface area contributed by atoms with Crippen molar-refractivity contribution in [1.82, 2.24) is 4.90 Å². The zero-order chi connectivity index (χ0) is 12.8. The van der Waals surface area contributed by atoms with Crippen LogP contribution < -0.4 is 11.5 Å². The zero-order valence-electron chi connectivity index (χ0n) is 11.0. The first-order valence-electron chi connectivity index (χ1n) is 5.89. The number of rotatable bonds is 1. The van der Waals surface area contributed by atoms with Crippen molar-refractivity contribution in [2.75, 3.05) is 13.1 Å². The molecule has 0 spiro atoms. The van der Waals surface area contributed by atoms with Crippen LogP contribution in [0.2, 0.25) is 0 Å². The van der Waals surface area contributed by atoms with Crippen LogP contribution in [-0.2, 0) is 0 Å². The molecule has 0 atom stereocenters. The maximum Gasteiger partial charge on any atom is 0.223 e. The maximum absolute atomic E-state index is 5.88. The Morgan fingerprint density at radius 2 is 1.75 bits per heavy atom. The maximum atomic E-state index is 5.88. The summed E-state index contributed by atoms with van der Waals surface area (Å²) >= 11 is 0. The molecule has 7 heteroatoms. The normalized spacial score (nSPS) is 15.3. The molecule has 0 amide bonds. The van der Waals surface area contributed by atoms with Gasteiger partial charge in [-0.05, 0) is 18.6 Å². The summed E-state index contributed by atoms with van der Waals surface area (Å²) in [5, 5.41) is 0. The number of nitrogens with zero attached hydrogens (tertiary/aromatic N) is 3. The van der Waals surface area contributed by atoms with Crippen molar-refractivity contribution < 1.29 is 0 Å². The summed E-state index contributed by atoms with van der Waals surface area (Å²) in [4.78, 5) is 10.3. The van der Waals surface area contributed by atoms with Crippen LogP contribution in [0.3, 0.4) is 0 Å². The third-order valence-corrected chi connectivity index (χ3v) is 2.61. The van der Waals surface area contributed by atoms with Crippen molar-refractivity contribution in [3.63, 3.8) is 0 Å². The fraction of sp³-hybridized carbons (Fsp3) is 0.231. The number of para-hydroxylation sites is 1. The second kappa shape index (κ2) is 9.23. The highest BCUT2D eigenvalue weighted by Crippen LogP contribution is 2.09. The first-order valence-corrected chi connectivity index (χ1v) is 5.89. The van der Waals surface area contributed by atoms with Crippen LogP contribution in [0.1, 0.15) is 6.42 Å². The summed E-state index contributed by atoms with van der Waals surface area (Å²) < 4.78 is 0. The second-order valence-corrected chi connectivity index (χ2v) is 3.98. The molecule has 0 fully saturated rings. The minimum Gasteiger partial charge on any atom is -0.369 e. The van der Waals surface area contributed by atoms with Crippen LogP contribution in [0.4, 0.5) is 5.69 Å². The highest BCUT2D eigenvalue weighted by Gasteiger charge is 2.08. The van der Waals surface area contributed by atoms with Gasteiger partial charge in [0.15, 0.2) is 5.96 Å². The lowest BCUT2D eigenvalue weighted by Gasteiger charge is -2.23. The van der Waals surface area contributed by atoms with Gasteiger partial charge in [0.05, 0.1) is 5.69 Å². The third kappa shape index (κ3) is 5.50. The molecule has 2 rings (SSSR count). The summed E-state index contributed by atoms with van der Waals surface area (Å²) in [5.74, 6) is 0.588. The van der Waals surface area contributed by atoms with E-state index >= 15 is 0 Å². The second-order valence-electron chi connectivity index (χ2n) is 3.98. The van der Waals surface area contributed by atoms with E-state index < -0.39 is 0 Å². The van der Waals surface area contributed by atoms with E-state index in [1.54, 1.807) is 0 Å².